The Morgan fingerprint density at radius 1 is 1.10 bits per heavy atom. The molecule has 1 aliphatic rings. The van der Waals surface area contributed by atoms with Gasteiger partial charge in [-0.25, -0.2) is 9.97 Å². The van der Waals surface area contributed by atoms with E-state index in [0.29, 0.717) is 0 Å². The summed E-state index contributed by atoms with van der Waals surface area (Å²) < 4.78 is 1.19. The van der Waals surface area contributed by atoms with E-state index < -0.39 is 0 Å². The van der Waals surface area contributed by atoms with Crippen molar-refractivity contribution in [1.29, 1.82) is 0 Å². The molecule has 1 aliphatic heterocycles. The molecular weight excluding hydrogens is 406 g/mol. The van der Waals surface area contributed by atoms with Crippen LogP contribution in [0.2, 0.25) is 0 Å². The molecule has 0 radical (unpaired) electrons. The van der Waals surface area contributed by atoms with E-state index in [4.69, 9.17) is 10.7 Å². The molecule has 4 N–H and O–H groups in total. The van der Waals surface area contributed by atoms with Gasteiger partial charge in [-0.3, -0.25) is 4.90 Å². The Morgan fingerprint density at radius 2 is 2.00 bits per heavy atom. The third-order valence-corrected chi connectivity index (χ3v) is 6.49. The first kappa shape index (κ1) is 19.9. The van der Waals surface area contributed by atoms with Crippen LogP contribution in [0.4, 0.5) is 11.8 Å². The van der Waals surface area contributed by atoms with Crippen LogP contribution in [-0.4, -0.2) is 52.7 Å². The van der Waals surface area contributed by atoms with E-state index in [1.807, 2.05) is 18.2 Å². The molecule has 0 saturated carbocycles. The molecule has 0 unspecified atom stereocenters. The number of benzene rings is 2. The molecule has 8 heteroatoms. The highest BCUT2D eigenvalue weighted by Crippen LogP contribution is 2.34. The largest absolute Gasteiger partial charge is 0.369 e. The molecule has 2 aromatic heterocycles. The third-order valence-electron chi connectivity index (χ3n) is 5.41. The normalized spacial score (nSPS) is 14.3. The average molecular weight is 432 g/mol. The van der Waals surface area contributed by atoms with Crippen LogP contribution in [0.15, 0.2) is 54.7 Å². The summed E-state index contributed by atoms with van der Waals surface area (Å²) in [6.07, 6.45) is 2.84. The third kappa shape index (κ3) is 4.51. The molecule has 1 saturated heterocycles. The van der Waals surface area contributed by atoms with Crippen molar-refractivity contribution < 1.29 is 0 Å². The van der Waals surface area contributed by atoms with Gasteiger partial charge in [0.15, 0.2) is 0 Å². The zero-order valence-corrected chi connectivity index (χ0v) is 18.0. The average Bonchev–Trinajstić information content (AvgIpc) is 3.47. The van der Waals surface area contributed by atoms with Gasteiger partial charge in [-0.2, -0.15) is 4.98 Å². The molecular formula is C23H25N7S. The monoisotopic (exact) mass is 431 g/mol. The van der Waals surface area contributed by atoms with Crippen molar-refractivity contribution in [2.75, 3.05) is 43.9 Å². The number of para-hydroxylation sites is 1. The number of nitrogen functional groups attached to an aromatic ring is 1. The van der Waals surface area contributed by atoms with E-state index >= 15 is 0 Å². The van der Waals surface area contributed by atoms with Gasteiger partial charge in [0, 0.05) is 50.2 Å². The Balaban J connectivity index is 1.37. The zero-order chi connectivity index (χ0) is 21.0. The van der Waals surface area contributed by atoms with Crippen LogP contribution in [0, 0.1) is 0 Å². The molecule has 31 heavy (non-hydrogen) atoms. The maximum absolute atomic E-state index is 5.89. The maximum Gasteiger partial charge on any atom is 0.221 e. The predicted molar refractivity (Wildman–Crippen MR) is 128 cm³/mol. The summed E-state index contributed by atoms with van der Waals surface area (Å²) in [5.74, 6) is 1.05. The lowest BCUT2D eigenvalue weighted by atomic mass is 10.0. The van der Waals surface area contributed by atoms with Gasteiger partial charge in [0.25, 0.3) is 0 Å². The van der Waals surface area contributed by atoms with Crippen LogP contribution in [0.1, 0.15) is 6.42 Å². The zero-order valence-electron chi connectivity index (χ0n) is 17.2. The van der Waals surface area contributed by atoms with Gasteiger partial charge in [0.05, 0.1) is 10.2 Å². The maximum atomic E-state index is 5.89. The molecule has 1 fully saturated rings. The number of hydrogen-bond donors (Lipinski definition) is 3. The standard InChI is InChI=1S/C23H25N7S/c24-23-27-14-18(21(29-23)26-9-4-11-30-12-10-25-15-30)16-5-3-6-17(13-16)22-28-19-7-1-2-8-20(19)31-22/h1-3,5-8,13-14,25H,4,9-12,15H2,(H3,24,26,27,29). The molecule has 7 nitrogen and oxygen atoms in total. The van der Waals surface area contributed by atoms with Crippen molar-refractivity contribution in [3.05, 3.63) is 54.7 Å². The van der Waals surface area contributed by atoms with Crippen LogP contribution in [0.5, 0.6) is 0 Å². The van der Waals surface area contributed by atoms with Crippen molar-refractivity contribution in [2.24, 2.45) is 0 Å². The fourth-order valence-corrected chi connectivity index (χ4v) is 4.77. The van der Waals surface area contributed by atoms with Crippen molar-refractivity contribution in [2.45, 2.75) is 6.42 Å². The Kier molecular flexibility index (Phi) is 5.75. The highest BCUT2D eigenvalue weighted by Gasteiger charge is 2.13. The number of aromatic nitrogens is 3. The second-order valence-electron chi connectivity index (χ2n) is 7.61. The first-order valence-corrected chi connectivity index (χ1v) is 11.3. The molecule has 158 valence electrons. The van der Waals surface area contributed by atoms with Gasteiger partial charge in [-0.15, -0.1) is 11.3 Å². The second kappa shape index (κ2) is 8.97. The minimum atomic E-state index is 0.275. The van der Waals surface area contributed by atoms with E-state index in [1.54, 1.807) is 17.5 Å². The summed E-state index contributed by atoms with van der Waals surface area (Å²) in [5, 5.41) is 7.83. The molecule has 0 amide bonds. The number of nitrogens with zero attached hydrogens (tertiary/aromatic N) is 4. The fourth-order valence-electron chi connectivity index (χ4n) is 3.81. The molecule has 4 aromatic rings. The van der Waals surface area contributed by atoms with E-state index in [2.05, 4.69) is 55.8 Å². The van der Waals surface area contributed by atoms with Crippen LogP contribution >= 0.6 is 11.3 Å². The Bertz CT molecular complexity index is 1150. The number of thiazole rings is 1. The molecule has 0 bridgehead atoms. The Morgan fingerprint density at radius 3 is 2.87 bits per heavy atom. The van der Waals surface area contributed by atoms with Gasteiger partial charge in [0.2, 0.25) is 5.95 Å². The fraction of sp³-hybridized carbons (Fsp3) is 0.261. The van der Waals surface area contributed by atoms with E-state index in [-0.39, 0.29) is 5.95 Å². The summed E-state index contributed by atoms with van der Waals surface area (Å²) in [4.78, 5) is 15.9. The summed E-state index contributed by atoms with van der Waals surface area (Å²) in [6.45, 7) is 5.06. The van der Waals surface area contributed by atoms with Crippen molar-refractivity contribution >= 4 is 33.3 Å². The number of nitrogens with two attached hydrogens (primary N) is 1. The van der Waals surface area contributed by atoms with Gasteiger partial charge >= 0.3 is 0 Å². The lowest BCUT2D eigenvalue weighted by molar-refractivity contribution is 0.333. The second-order valence-corrected chi connectivity index (χ2v) is 8.65. The molecule has 3 heterocycles. The molecule has 2 aromatic carbocycles. The van der Waals surface area contributed by atoms with Gasteiger partial charge in [-0.05, 0) is 30.2 Å². The number of nitrogens with one attached hydrogen (secondary N) is 2. The highest BCUT2D eigenvalue weighted by molar-refractivity contribution is 7.21. The number of rotatable bonds is 7. The lowest BCUT2D eigenvalue weighted by Crippen LogP contribution is -2.24. The molecule has 0 spiro atoms. The molecule has 5 rings (SSSR count). The van der Waals surface area contributed by atoms with Crippen LogP contribution in [0.3, 0.4) is 0 Å². The van der Waals surface area contributed by atoms with Crippen molar-refractivity contribution in [1.82, 2.24) is 25.2 Å². The minimum absolute atomic E-state index is 0.275. The van der Waals surface area contributed by atoms with Crippen LogP contribution < -0.4 is 16.4 Å². The lowest BCUT2D eigenvalue weighted by Gasteiger charge is -2.15. The number of fused-ring (bicyclic) bond motifs is 1. The number of hydrogen-bond acceptors (Lipinski definition) is 8. The van der Waals surface area contributed by atoms with Gasteiger partial charge in [0.1, 0.15) is 10.8 Å². The van der Waals surface area contributed by atoms with Crippen molar-refractivity contribution in [3.63, 3.8) is 0 Å². The number of anilines is 2. The quantitative estimate of drug-likeness (QED) is 0.385. The highest BCUT2D eigenvalue weighted by atomic mass is 32.1. The smallest absolute Gasteiger partial charge is 0.221 e. The Hall–Kier alpha value is -3.07. The van der Waals surface area contributed by atoms with Crippen LogP contribution in [-0.2, 0) is 0 Å². The Labute approximate surface area is 185 Å². The summed E-state index contributed by atoms with van der Waals surface area (Å²) in [6, 6.07) is 16.6. The minimum Gasteiger partial charge on any atom is -0.369 e. The molecule has 0 atom stereocenters. The molecule has 0 aliphatic carbocycles. The topological polar surface area (TPSA) is 92.0 Å². The predicted octanol–water partition coefficient (Wildman–Crippen LogP) is 3.67. The summed E-state index contributed by atoms with van der Waals surface area (Å²) in [7, 11) is 0. The van der Waals surface area contributed by atoms with Gasteiger partial charge < -0.3 is 16.4 Å². The van der Waals surface area contributed by atoms with E-state index in [1.165, 1.54) is 4.70 Å². The first-order valence-electron chi connectivity index (χ1n) is 10.5. The summed E-state index contributed by atoms with van der Waals surface area (Å²) >= 11 is 1.70. The van der Waals surface area contributed by atoms with Gasteiger partial charge in [-0.1, -0.05) is 30.3 Å². The van der Waals surface area contributed by atoms with E-state index in [9.17, 15) is 0 Å². The van der Waals surface area contributed by atoms with Crippen molar-refractivity contribution in [3.8, 4) is 21.7 Å². The van der Waals surface area contributed by atoms with E-state index in [0.717, 1.165) is 72.3 Å². The summed E-state index contributed by atoms with van der Waals surface area (Å²) in [5.41, 5.74) is 9.99. The first-order chi connectivity index (χ1) is 15.3. The van der Waals surface area contributed by atoms with Crippen LogP contribution in [0.25, 0.3) is 31.9 Å². The SMILES string of the molecule is Nc1ncc(-c2cccc(-c3nc4ccccc4s3)c2)c(NCCCN2CCNC2)n1.